The first-order valence-corrected chi connectivity index (χ1v) is 6.45. The number of carboxylic acids is 1. The molecule has 0 unspecified atom stereocenters. The second kappa shape index (κ2) is 6.61. The number of carbonyl (C=O) groups is 1. The number of aromatic hydroxyl groups is 1. The fourth-order valence-electron chi connectivity index (χ4n) is 2.04. The van der Waals surface area contributed by atoms with Crippen LogP contribution in [0.1, 0.15) is 12.0 Å². The summed E-state index contributed by atoms with van der Waals surface area (Å²) < 4.78 is 0. The molecule has 2 aromatic rings. The topological polar surface area (TPSA) is 60.8 Å². The fraction of sp³-hybridized carbons (Fsp3) is 0.188. The standard InChI is InChI=1S/C16H17NO3/c18-15-8-4-5-13(11-15)12-17(10-9-16(19)20)14-6-2-1-3-7-14/h1-8,11,18H,9-10,12H2,(H,19,20). The van der Waals surface area contributed by atoms with E-state index in [1.54, 1.807) is 18.2 Å². The molecule has 2 aromatic carbocycles. The van der Waals surface area contributed by atoms with Crippen LogP contribution in [0.5, 0.6) is 5.75 Å². The summed E-state index contributed by atoms with van der Waals surface area (Å²) in [6.45, 7) is 0.987. The second-order valence-corrected chi connectivity index (χ2v) is 4.57. The lowest BCUT2D eigenvalue weighted by molar-refractivity contribution is -0.136. The SMILES string of the molecule is O=C(O)CCN(Cc1cccc(O)c1)c1ccccc1. The summed E-state index contributed by atoms with van der Waals surface area (Å²) in [4.78, 5) is 12.8. The second-order valence-electron chi connectivity index (χ2n) is 4.57. The molecule has 0 spiro atoms. The summed E-state index contributed by atoms with van der Waals surface area (Å²) >= 11 is 0. The molecule has 0 radical (unpaired) electrons. The van der Waals surface area contributed by atoms with Crippen molar-refractivity contribution in [3.05, 3.63) is 60.2 Å². The average molecular weight is 271 g/mol. The highest BCUT2D eigenvalue weighted by molar-refractivity contribution is 5.67. The maximum Gasteiger partial charge on any atom is 0.305 e. The van der Waals surface area contributed by atoms with Crippen molar-refractivity contribution < 1.29 is 15.0 Å². The Balaban J connectivity index is 2.16. The molecule has 0 aliphatic carbocycles. The number of aliphatic carboxylic acids is 1. The Bertz CT molecular complexity index is 569. The molecule has 4 heteroatoms. The van der Waals surface area contributed by atoms with Crippen LogP contribution in [-0.4, -0.2) is 22.7 Å². The van der Waals surface area contributed by atoms with Crippen LogP contribution in [0.15, 0.2) is 54.6 Å². The molecule has 2 rings (SSSR count). The Kier molecular flexibility index (Phi) is 4.60. The molecular weight excluding hydrogens is 254 g/mol. The number of nitrogens with zero attached hydrogens (tertiary/aromatic N) is 1. The van der Waals surface area contributed by atoms with Gasteiger partial charge in [-0.25, -0.2) is 0 Å². The van der Waals surface area contributed by atoms with Crippen molar-refractivity contribution in [3.63, 3.8) is 0 Å². The Morgan fingerprint density at radius 2 is 1.80 bits per heavy atom. The van der Waals surface area contributed by atoms with Gasteiger partial charge in [0.15, 0.2) is 0 Å². The first kappa shape index (κ1) is 13.9. The van der Waals surface area contributed by atoms with Gasteiger partial charge in [-0.2, -0.15) is 0 Å². The summed E-state index contributed by atoms with van der Waals surface area (Å²) in [7, 11) is 0. The molecule has 0 fully saturated rings. The van der Waals surface area contributed by atoms with E-state index in [0.717, 1.165) is 11.3 Å². The van der Waals surface area contributed by atoms with Crippen LogP contribution in [0.3, 0.4) is 0 Å². The molecule has 0 bridgehead atoms. The smallest absolute Gasteiger partial charge is 0.305 e. The number of rotatable bonds is 6. The number of carboxylic acid groups (broad SMARTS) is 1. The predicted molar refractivity (Wildman–Crippen MR) is 77.9 cm³/mol. The van der Waals surface area contributed by atoms with E-state index >= 15 is 0 Å². The largest absolute Gasteiger partial charge is 0.508 e. The number of para-hydroxylation sites is 1. The zero-order valence-electron chi connectivity index (χ0n) is 11.1. The van der Waals surface area contributed by atoms with E-state index < -0.39 is 5.97 Å². The predicted octanol–water partition coefficient (Wildman–Crippen LogP) is 2.87. The van der Waals surface area contributed by atoms with Crippen LogP contribution in [0.4, 0.5) is 5.69 Å². The number of phenolic OH excluding ortho intramolecular Hbond substituents is 1. The third-order valence-corrected chi connectivity index (χ3v) is 3.00. The third-order valence-electron chi connectivity index (χ3n) is 3.00. The molecule has 0 atom stereocenters. The van der Waals surface area contributed by atoms with Crippen molar-refractivity contribution in [2.45, 2.75) is 13.0 Å². The van der Waals surface area contributed by atoms with Gasteiger partial charge in [-0.3, -0.25) is 4.79 Å². The van der Waals surface area contributed by atoms with Gasteiger partial charge in [-0.05, 0) is 29.8 Å². The van der Waals surface area contributed by atoms with Crippen LogP contribution in [0.25, 0.3) is 0 Å². The van der Waals surface area contributed by atoms with Crippen LogP contribution in [0, 0.1) is 0 Å². The molecule has 2 N–H and O–H groups in total. The summed E-state index contributed by atoms with van der Waals surface area (Å²) in [5.41, 5.74) is 1.91. The zero-order chi connectivity index (χ0) is 14.4. The Morgan fingerprint density at radius 3 is 2.45 bits per heavy atom. The molecule has 0 aliphatic rings. The van der Waals surface area contributed by atoms with Gasteiger partial charge in [0.2, 0.25) is 0 Å². The van der Waals surface area contributed by atoms with Gasteiger partial charge in [0.1, 0.15) is 5.75 Å². The fourth-order valence-corrected chi connectivity index (χ4v) is 2.04. The maximum absolute atomic E-state index is 10.8. The van der Waals surface area contributed by atoms with Crippen LogP contribution >= 0.6 is 0 Å². The Morgan fingerprint density at radius 1 is 1.05 bits per heavy atom. The van der Waals surface area contributed by atoms with Crippen LogP contribution in [0.2, 0.25) is 0 Å². The van der Waals surface area contributed by atoms with Gasteiger partial charge < -0.3 is 15.1 Å². The number of hydrogen-bond acceptors (Lipinski definition) is 3. The van der Waals surface area contributed by atoms with Gasteiger partial charge in [0, 0.05) is 18.8 Å². The lowest BCUT2D eigenvalue weighted by atomic mass is 10.1. The van der Waals surface area contributed by atoms with E-state index in [1.807, 2.05) is 41.3 Å². The zero-order valence-corrected chi connectivity index (χ0v) is 11.1. The highest BCUT2D eigenvalue weighted by Gasteiger charge is 2.09. The number of phenols is 1. The lowest BCUT2D eigenvalue weighted by Gasteiger charge is -2.24. The number of anilines is 1. The van der Waals surface area contributed by atoms with E-state index in [-0.39, 0.29) is 12.2 Å². The molecule has 0 aromatic heterocycles. The van der Waals surface area contributed by atoms with E-state index in [9.17, 15) is 9.90 Å². The van der Waals surface area contributed by atoms with Crippen molar-refractivity contribution in [1.29, 1.82) is 0 Å². The molecule has 20 heavy (non-hydrogen) atoms. The van der Waals surface area contributed by atoms with Gasteiger partial charge in [-0.1, -0.05) is 30.3 Å². The van der Waals surface area contributed by atoms with Crippen molar-refractivity contribution in [3.8, 4) is 5.75 Å². The number of benzene rings is 2. The van der Waals surface area contributed by atoms with Crippen LogP contribution in [-0.2, 0) is 11.3 Å². The minimum atomic E-state index is -0.818. The van der Waals surface area contributed by atoms with E-state index in [2.05, 4.69) is 0 Å². The first-order chi connectivity index (χ1) is 9.65. The molecular formula is C16H17NO3. The summed E-state index contributed by atoms with van der Waals surface area (Å²) in [6.07, 6.45) is 0.0771. The summed E-state index contributed by atoms with van der Waals surface area (Å²) in [6, 6.07) is 16.7. The molecule has 0 saturated carbocycles. The van der Waals surface area contributed by atoms with Crippen molar-refractivity contribution in [2.24, 2.45) is 0 Å². The quantitative estimate of drug-likeness (QED) is 0.848. The minimum Gasteiger partial charge on any atom is -0.508 e. The van der Waals surface area contributed by atoms with Gasteiger partial charge in [0.25, 0.3) is 0 Å². The van der Waals surface area contributed by atoms with E-state index in [4.69, 9.17) is 5.11 Å². The highest BCUT2D eigenvalue weighted by Crippen LogP contribution is 2.19. The lowest BCUT2D eigenvalue weighted by Crippen LogP contribution is -2.25. The monoisotopic (exact) mass is 271 g/mol. The molecule has 0 amide bonds. The van der Waals surface area contributed by atoms with Gasteiger partial charge in [0.05, 0.1) is 6.42 Å². The molecule has 0 heterocycles. The van der Waals surface area contributed by atoms with Gasteiger partial charge in [-0.15, -0.1) is 0 Å². The summed E-state index contributed by atoms with van der Waals surface area (Å²) in [5.74, 6) is -0.601. The Hall–Kier alpha value is -2.49. The number of hydrogen-bond donors (Lipinski definition) is 2. The summed E-state index contributed by atoms with van der Waals surface area (Å²) in [5, 5.41) is 18.4. The van der Waals surface area contributed by atoms with E-state index in [1.165, 1.54) is 0 Å². The average Bonchev–Trinajstić information content (AvgIpc) is 2.44. The van der Waals surface area contributed by atoms with Crippen molar-refractivity contribution >= 4 is 11.7 Å². The minimum absolute atomic E-state index is 0.0771. The Labute approximate surface area is 117 Å². The van der Waals surface area contributed by atoms with Crippen molar-refractivity contribution in [1.82, 2.24) is 0 Å². The normalized spacial score (nSPS) is 10.2. The van der Waals surface area contributed by atoms with Crippen LogP contribution < -0.4 is 4.90 Å². The molecule has 0 saturated heterocycles. The van der Waals surface area contributed by atoms with E-state index in [0.29, 0.717) is 13.1 Å². The molecule has 104 valence electrons. The third kappa shape index (κ3) is 4.02. The van der Waals surface area contributed by atoms with Crippen molar-refractivity contribution in [2.75, 3.05) is 11.4 Å². The molecule has 0 aliphatic heterocycles. The first-order valence-electron chi connectivity index (χ1n) is 6.45. The highest BCUT2D eigenvalue weighted by atomic mass is 16.4. The molecule has 4 nitrogen and oxygen atoms in total. The van der Waals surface area contributed by atoms with Gasteiger partial charge >= 0.3 is 5.97 Å². The maximum atomic E-state index is 10.8.